The Kier molecular flexibility index (Phi) is 8.66. The fourth-order valence-corrected chi connectivity index (χ4v) is 2.41. The fraction of sp³-hybridized carbons (Fsp3) is 0.350. The van der Waals surface area contributed by atoms with E-state index in [1.165, 1.54) is 16.8 Å². The molecule has 1 aliphatic heterocycles. The summed E-state index contributed by atoms with van der Waals surface area (Å²) in [5.41, 5.74) is 6.90. The highest BCUT2D eigenvalue weighted by atomic mass is 15.3. The van der Waals surface area contributed by atoms with Crippen LogP contribution in [-0.4, -0.2) is 12.3 Å². The number of benzene rings is 2. The molecule has 3 rings (SSSR count). The van der Waals surface area contributed by atoms with Crippen LogP contribution in [0, 0.1) is 5.92 Å². The molecule has 1 unspecified atom stereocenters. The molecule has 0 amide bonds. The number of nitrogens with zero attached hydrogens (tertiary/aromatic N) is 1. The van der Waals surface area contributed by atoms with E-state index >= 15 is 0 Å². The van der Waals surface area contributed by atoms with Gasteiger partial charge < -0.3 is 5.43 Å². The van der Waals surface area contributed by atoms with Gasteiger partial charge in [0.05, 0.1) is 5.71 Å². The van der Waals surface area contributed by atoms with E-state index < -0.39 is 0 Å². The van der Waals surface area contributed by atoms with E-state index in [2.05, 4.69) is 65.1 Å². The van der Waals surface area contributed by atoms with Crippen molar-refractivity contribution in [1.29, 1.82) is 0 Å². The van der Waals surface area contributed by atoms with Crippen LogP contribution in [-0.2, 0) is 6.42 Å². The molecule has 0 fully saturated rings. The predicted molar refractivity (Wildman–Crippen MR) is 99.4 cm³/mol. The summed E-state index contributed by atoms with van der Waals surface area (Å²) in [5, 5.41) is 4.45. The molecule has 0 bridgehead atoms. The number of rotatable bonds is 3. The summed E-state index contributed by atoms with van der Waals surface area (Å²) in [6, 6.07) is 21.0. The van der Waals surface area contributed by atoms with Crippen molar-refractivity contribution in [2.24, 2.45) is 11.0 Å². The maximum Gasteiger partial charge on any atom is 0.0727 e. The highest BCUT2D eigenvalue weighted by molar-refractivity contribution is 6.03. The Balaban J connectivity index is 0.000000901. The number of hydrazone groups is 1. The summed E-state index contributed by atoms with van der Waals surface area (Å²) in [6.07, 6.45) is 1.04. The molecule has 1 aliphatic rings. The summed E-state index contributed by atoms with van der Waals surface area (Å²) in [4.78, 5) is 0. The molecule has 0 aromatic heterocycles. The average Bonchev–Trinajstić information content (AvgIpc) is 3.08. The summed E-state index contributed by atoms with van der Waals surface area (Å²) in [7, 11) is 0. The van der Waals surface area contributed by atoms with E-state index in [1.54, 1.807) is 0 Å². The minimum absolute atomic E-state index is 0. The molecule has 0 spiro atoms. The normalized spacial score (nSPS) is 15.5. The lowest BCUT2D eigenvalue weighted by molar-refractivity contribution is 0.656. The Morgan fingerprint density at radius 1 is 0.909 bits per heavy atom. The van der Waals surface area contributed by atoms with Gasteiger partial charge in [-0.1, -0.05) is 88.4 Å². The van der Waals surface area contributed by atoms with Crippen LogP contribution < -0.4 is 5.43 Å². The molecule has 2 nitrogen and oxygen atoms in total. The maximum absolute atomic E-state index is 4.45. The van der Waals surface area contributed by atoms with E-state index in [4.69, 9.17) is 0 Å². The van der Waals surface area contributed by atoms with Crippen LogP contribution in [0.25, 0.3) is 0 Å². The quantitative estimate of drug-likeness (QED) is 0.832. The van der Waals surface area contributed by atoms with Crippen LogP contribution in [0.2, 0.25) is 0 Å². The second kappa shape index (κ2) is 10.6. The van der Waals surface area contributed by atoms with Gasteiger partial charge in [0, 0.05) is 13.9 Å². The van der Waals surface area contributed by atoms with Gasteiger partial charge in [-0.15, -0.1) is 0 Å². The monoisotopic (exact) mass is 298 g/mol. The van der Waals surface area contributed by atoms with Gasteiger partial charge in [0.25, 0.3) is 0 Å². The summed E-state index contributed by atoms with van der Waals surface area (Å²) < 4.78 is 0. The molecule has 0 radical (unpaired) electrons. The zero-order valence-corrected chi connectivity index (χ0v) is 14.2. The molecule has 1 N–H and O–H groups in total. The Morgan fingerprint density at radius 2 is 1.45 bits per heavy atom. The van der Waals surface area contributed by atoms with E-state index in [0.717, 1.165) is 13.0 Å². The SMILES string of the molecule is CC.CC.[HH].c1ccc(CC2CNN=C2c2ccccc2)cc1. The van der Waals surface area contributed by atoms with Gasteiger partial charge in [-0.2, -0.15) is 5.10 Å². The smallest absolute Gasteiger partial charge is 0.0727 e. The number of hydrogen-bond donors (Lipinski definition) is 1. The standard InChI is InChI=1S/C16H16N2.2C2H6.H2/c1-3-7-13(8-4-1)11-15-12-17-18-16(15)14-9-5-2-6-10-14;2*1-2;/h1-10,15,17H,11-12H2;2*1-2H3;1H. The molecule has 1 atom stereocenters. The van der Waals surface area contributed by atoms with Crippen molar-refractivity contribution in [2.75, 3.05) is 6.54 Å². The van der Waals surface area contributed by atoms with Crippen molar-refractivity contribution in [1.82, 2.24) is 5.43 Å². The molecule has 120 valence electrons. The first-order valence-corrected chi connectivity index (χ1v) is 8.33. The van der Waals surface area contributed by atoms with Gasteiger partial charge in [-0.3, -0.25) is 0 Å². The van der Waals surface area contributed by atoms with Crippen LogP contribution in [0.4, 0.5) is 0 Å². The highest BCUT2D eigenvalue weighted by Gasteiger charge is 2.22. The Morgan fingerprint density at radius 3 is 2.05 bits per heavy atom. The van der Waals surface area contributed by atoms with Gasteiger partial charge in [-0.25, -0.2) is 0 Å². The van der Waals surface area contributed by atoms with Crippen LogP contribution in [0.5, 0.6) is 0 Å². The Labute approximate surface area is 136 Å². The van der Waals surface area contributed by atoms with Crippen LogP contribution in [0.3, 0.4) is 0 Å². The Hall–Kier alpha value is -2.09. The van der Waals surface area contributed by atoms with Gasteiger partial charge in [-0.05, 0) is 17.5 Å². The van der Waals surface area contributed by atoms with Crippen molar-refractivity contribution in [3.63, 3.8) is 0 Å². The van der Waals surface area contributed by atoms with Crippen molar-refractivity contribution in [3.05, 3.63) is 71.8 Å². The van der Waals surface area contributed by atoms with E-state index in [9.17, 15) is 0 Å². The minimum Gasteiger partial charge on any atom is -0.309 e. The lowest BCUT2D eigenvalue weighted by Crippen LogP contribution is -2.19. The van der Waals surface area contributed by atoms with E-state index in [1.807, 2.05) is 33.8 Å². The lowest BCUT2D eigenvalue weighted by Gasteiger charge is -2.12. The van der Waals surface area contributed by atoms with Gasteiger partial charge in [0.1, 0.15) is 0 Å². The van der Waals surface area contributed by atoms with Crippen LogP contribution in [0.1, 0.15) is 40.2 Å². The third kappa shape index (κ3) is 5.03. The second-order valence-corrected chi connectivity index (χ2v) is 4.61. The maximum atomic E-state index is 4.45. The summed E-state index contributed by atoms with van der Waals surface area (Å²) >= 11 is 0. The largest absolute Gasteiger partial charge is 0.309 e. The molecule has 22 heavy (non-hydrogen) atoms. The molecular formula is C20H30N2. The first-order chi connectivity index (χ1) is 10.9. The Bertz CT molecular complexity index is 538. The molecule has 0 aliphatic carbocycles. The summed E-state index contributed by atoms with van der Waals surface area (Å²) in [6.45, 7) is 8.93. The van der Waals surface area contributed by atoms with E-state index in [0.29, 0.717) is 5.92 Å². The fourth-order valence-electron chi connectivity index (χ4n) is 2.41. The number of nitrogens with one attached hydrogen (secondary N) is 1. The molecule has 2 aromatic rings. The van der Waals surface area contributed by atoms with Crippen LogP contribution in [0.15, 0.2) is 65.8 Å². The predicted octanol–water partition coefficient (Wildman–Crippen LogP) is 5.15. The zero-order valence-electron chi connectivity index (χ0n) is 14.2. The van der Waals surface area contributed by atoms with Gasteiger partial charge in [0.15, 0.2) is 0 Å². The van der Waals surface area contributed by atoms with Crippen molar-refractivity contribution in [2.45, 2.75) is 34.1 Å². The first-order valence-electron chi connectivity index (χ1n) is 8.33. The van der Waals surface area contributed by atoms with Crippen LogP contribution >= 0.6 is 0 Å². The molecule has 2 heteroatoms. The van der Waals surface area contributed by atoms with Gasteiger partial charge in [0.2, 0.25) is 0 Å². The first kappa shape index (κ1) is 18.0. The zero-order chi connectivity index (χ0) is 16.2. The molecule has 2 aromatic carbocycles. The van der Waals surface area contributed by atoms with E-state index in [-0.39, 0.29) is 1.43 Å². The lowest BCUT2D eigenvalue weighted by atomic mass is 9.91. The average molecular weight is 298 g/mol. The minimum atomic E-state index is 0. The third-order valence-corrected chi connectivity index (χ3v) is 3.32. The number of hydrogen-bond acceptors (Lipinski definition) is 2. The molecule has 1 heterocycles. The van der Waals surface area contributed by atoms with Crippen molar-refractivity contribution < 1.29 is 1.43 Å². The molecule has 0 saturated carbocycles. The molecule has 0 saturated heterocycles. The summed E-state index contributed by atoms with van der Waals surface area (Å²) in [5.74, 6) is 0.467. The molecular weight excluding hydrogens is 268 g/mol. The second-order valence-electron chi connectivity index (χ2n) is 4.61. The van der Waals surface area contributed by atoms with Gasteiger partial charge >= 0.3 is 0 Å². The van der Waals surface area contributed by atoms with Crippen molar-refractivity contribution in [3.8, 4) is 0 Å². The topological polar surface area (TPSA) is 24.4 Å². The highest BCUT2D eigenvalue weighted by Crippen LogP contribution is 2.18. The third-order valence-electron chi connectivity index (χ3n) is 3.32. The van der Waals surface area contributed by atoms with Crippen molar-refractivity contribution >= 4 is 5.71 Å².